The lowest BCUT2D eigenvalue weighted by Gasteiger charge is -2.06. The van der Waals surface area contributed by atoms with Gasteiger partial charge in [-0.25, -0.2) is 9.67 Å². The number of aryl methyl sites for hydroxylation is 1. The predicted octanol–water partition coefficient (Wildman–Crippen LogP) is 1.70. The number of benzene rings is 1. The van der Waals surface area contributed by atoms with Gasteiger partial charge in [0.25, 0.3) is 0 Å². The van der Waals surface area contributed by atoms with Crippen molar-refractivity contribution in [1.82, 2.24) is 14.8 Å². The van der Waals surface area contributed by atoms with E-state index in [9.17, 15) is 0 Å². The van der Waals surface area contributed by atoms with E-state index in [4.69, 9.17) is 22.1 Å². The highest BCUT2D eigenvalue weighted by Gasteiger charge is 2.09. The van der Waals surface area contributed by atoms with Crippen LogP contribution in [0.1, 0.15) is 11.6 Å². The van der Waals surface area contributed by atoms with Crippen molar-refractivity contribution >= 4 is 11.6 Å². The van der Waals surface area contributed by atoms with E-state index in [0.29, 0.717) is 23.1 Å². The van der Waals surface area contributed by atoms with Crippen LogP contribution in [-0.2, 0) is 6.54 Å². The van der Waals surface area contributed by atoms with Crippen LogP contribution in [-0.4, -0.2) is 21.9 Å². The van der Waals surface area contributed by atoms with Gasteiger partial charge in [0.1, 0.15) is 11.6 Å². The molecule has 1 aromatic carbocycles. The molecule has 0 bridgehead atoms. The van der Waals surface area contributed by atoms with E-state index in [1.807, 2.05) is 13.0 Å². The number of ether oxygens (including phenoxy) is 1. The maximum absolute atomic E-state index is 6.06. The summed E-state index contributed by atoms with van der Waals surface area (Å²) in [7, 11) is 1.58. The Balaban J connectivity index is 2.45. The summed E-state index contributed by atoms with van der Waals surface area (Å²) in [5.74, 6) is 2.01. The Labute approximate surface area is 104 Å². The van der Waals surface area contributed by atoms with Crippen molar-refractivity contribution in [2.45, 2.75) is 13.5 Å². The summed E-state index contributed by atoms with van der Waals surface area (Å²) in [5.41, 5.74) is 6.34. The molecule has 1 heterocycles. The molecule has 0 saturated carbocycles. The maximum atomic E-state index is 6.06. The summed E-state index contributed by atoms with van der Waals surface area (Å²) in [6.07, 6.45) is 0. The molecule has 1 aromatic heterocycles. The summed E-state index contributed by atoms with van der Waals surface area (Å²) in [6, 6.07) is 5.44. The first-order valence-electron chi connectivity index (χ1n) is 5.12. The Morgan fingerprint density at radius 2 is 2.24 bits per heavy atom. The second-order valence-electron chi connectivity index (χ2n) is 3.51. The zero-order valence-electron chi connectivity index (χ0n) is 9.64. The second kappa shape index (κ2) is 4.73. The van der Waals surface area contributed by atoms with Gasteiger partial charge in [0.2, 0.25) is 0 Å². The third-order valence-electron chi connectivity index (χ3n) is 2.38. The molecule has 0 aliphatic heterocycles. The molecule has 0 unspecified atom stereocenters. The average Bonchev–Trinajstić information content (AvgIpc) is 2.70. The molecule has 5 nitrogen and oxygen atoms in total. The van der Waals surface area contributed by atoms with Crippen molar-refractivity contribution < 1.29 is 4.74 Å². The fourth-order valence-corrected chi connectivity index (χ4v) is 1.81. The molecule has 2 N–H and O–H groups in total. The molecule has 2 rings (SSSR count). The lowest BCUT2D eigenvalue weighted by atomic mass is 10.3. The summed E-state index contributed by atoms with van der Waals surface area (Å²) < 4.78 is 6.80. The van der Waals surface area contributed by atoms with E-state index in [1.54, 1.807) is 23.9 Å². The minimum atomic E-state index is 0.317. The average molecular weight is 253 g/mol. The van der Waals surface area contributed by atoms with E-state index < -0.39 is 0 Å². The first kappa shape index (κ1) is 11.9. The molecule has 17 heavy (non-hydrogen) atoms. The summed E-state index contributed by atoms with van der Waals surface area (Å²) >= 11 is 6.06. The van der Waals surface area contributed by atoms with Crippen LogP contribution < -0.4 is 10.5 Å². The van der Waals surface area contributed by atoms with E-state index >= 15 is 0 Å². The van der Waals surface area contributed by atoms with Gasteiger partial charge in [-0.05, 0) is 25.1 Å². The molecule has 0 atom stereocenters. The highest BCUT2D eigenvalue weighted by molar-refractivity contribution is 6.32. The highest BCUT2D eigenvalue weighted by atomic mass is 35.5. The van der Waals surface area contributed by atoms with Gasteiger partial charge in [-0.2, -0.15) is 0 Å². The van der Waals surface area contributed by atoms with Gasteiger partial charge in [0.15, 0.2) is 5.82 Å². The summed E-state index contributed by atoms with van der Waals surface area (Å²) in [4.78, 5) is 4.23. The number of hydrogen-bond donors (Lipinski definition) is 1. The fourth-order valence-electron chi connectivity index (χ4n) is 1.56. The van der Waals surface area contributed by atoms with Crippen molar-refractivity contribution in [2.24, 2.45) is 5.73 Å². The lowest BCUT2D eigenvalue weighted by molar-refractivity contribution is 0.415. The Morgan fingerprint density at radius 3 is 2.76 bits per heavy atom. The van der Waals surface area contributed by atoms with Crippen molar-refractivity contribution in [1.29, 1.82) is 0 Å². The number of hydrogen-bond acceptors (Lipinski definition) is 4. The first-order chi connectivity index (χ1) is 8.15. The topological polar surface area (TPSA) is 66.0 Å². The van der Waals surface area contributed by atoms with E-state index in [-0.39, 0.29) is 0 Å². The Morgan fingerprint density at radius 1 is 1.47 bits per heavy atom. The zero-order valence-corrected chi connectivity index (χ0v) is 10.4. The molecule has 0 radical (unpaired) electrons. The third-order valence-corrected chi connectivity index (χ3v) is 2.67. The number of halogens is 1. The molecule has 2 aromatic rings. The van der Waals surface area contributed by atoms with E-state index in [1.165, 1.54) is 0 Å². The van der Waals surface area contributed by atoms with Gasteiger partial charge in [0, 0.05) is 0 Å². The van der Waals surface area contributed by atoms with Gasteiger partial charge in [-0.1, -0.05) is 11.6 Å². The molecule has 0 fully saturated rings. The van der Waals surface area contributed by atoms with Crippen molar-refractivity contribution in [3.05, 3.63) is 34.9 Å². The number of nitrogens with two attached hydrogens (primary N) is 1. The van der Waals surface area contributed by atoms with Gasteiger partial charge < -0.3 is 10.5 Å². The number of aromatic nitrogens is 3. The Bertz CT molecular complexity index is 538. The van der Waals surface area contributed by atoms with Gasteiger partial charge in [0.05, 0.1) is 24.4 Å². The maximum Gasteiger partial charge on any atom is 0.164 e. The smallest absolute Gasteiger partial charge is 0.164 e. The van der Waals surface area contributed by atoms with Crippen molar-refractivity contribution in [3.63, 3.8) is 0 Å². The van der Waals surface area contributed by atoms with E-state index in [2.05, 4.69) is 10.1 Å². The van der Waals surface area contributed by atoms with E-state index in [0.717, 1.165) is 11.5 Å². The number of methoxy groups -OCH3 is 1. The quantitative estimate of drug-likeness (QED) is 0.903. The molecule has 0 aliphatic rings. The zero-order chi connectivity index (χ0) is 12.4. The summed E-state index contributed by atoms with van der Waals surface area (Å²) in [5, 5.41) is 4.81. The van der Waals surface area contributed by atoms with Gasteiger partial charge >= 0.3 is 0 Å². The Hall–Kier alpha value is -1.59. The molecular formula is C11H13ClN4O. The monoisotopic (exact) mass is 252 g/mol. The minimum Gasteiger partial charge on any atom is -0.495 e. The standard InChI is InChI=1S/C11H13ClN4O/c1-7-14-11(6-13)15-16(7)8-3-4-10(17-2)9(12)5-8/h3-5H,6,13H2,1-2H3. The molecule has 0 saturated heterocycles. The first-order valence-corrected chi connectivity index (χ1v) is 5.50. The second-order valence-corrected chi connectivity index (χ2v) is 3.92. The number of nitrogens with zero attached hydrogens (tertiary/aromatic N) is 3. The van der Waals surface area contributed by atoms with Crippen LogP contribution in [0.4, 0.5) is 0 Å². The summed E-state index contributed by atoms with van der Waals surface area (Å²) in [6.45, 7) is 2.18. The van der Waals surface area contributed by atoms with Gasteiger partial charge in [-0.3, -0.25) is 0 Å². The van der Waals surface area contributed by atoms with Crippen LogP contribution in [0.25, 0.3) is 5.69 Å². The highest BCUT2D eigenvalue weighted by Crippen LogP contribution is 2.26. The van der Waals surface area contributed by atoms with Crippen LogP contribution in [0.5, 0.6) is 5.75 Å². The van der Waals surface area contributed by atoms with Crippen molar-refractivity contribution in [2.75, 3.05) is 7.11 Å². The van der Waals surface area contributed by atoms with Crippen LogP contribution in [0.3, 0.4) is 0 Å². The molecular weight excluding hydrogens is 240 g/mol. The molecule has 6 heteroatoms. The van der Waals surface area contributed by atoms with Crippen LogP contribution in [0, 0.1) is 6.92 Å². The SMILES string of the molecule is COc1ccc(-n2nc(CN)nc2C)cc1Cl. The van der Waals surface area contributed by atoms with Gasteiger partial charge in [-0.15, -0.1) is 5.10 Å². The lowest BCUT2D eigenvalue weighted by Crippen LogP contribution is -2.02. The molecule has 0 amide bonds. The molecule has 90 valence electrons. The van der Waals surface area contributed by atoms with Crippen LogP contribution in [0.15, 0.2) is 18.2 Å². The molecule has 0 aliphatic carbocycles. The van der Waals surface area contributed by atoms with Crippen LogP contribution >= 0.6 is 11.6 Å². The predicted molar refractivity (Wildman–Crippen MR) is 65.5 cm³/mol. The largest absolute Gasteiger partial charge is 0.495 e. The fraction of sp³-hybridized carbons (Fsp3) is 0.273. The van der Waals surface area contributed by atoms with Crippen LogP contribution in [0.2, 0.25) is 5.02 Å². The third kappa shape index (κ3) is 2.25. The van der Waals surface area contributed by atoms with Crippen molar-refractivity contribution in [3.8, 4) is 11.4 Å². The number of rotatable bonds is 3. The Kier molecular flexibility index (Phi) is 3.31. The minimum absolute atomic E-state index is 0.317. The molecule has 0 spiro atoms. The normalized spacial score (nSPS) is 10.6.